The lowest BCUT2D eigenvalue weighted by Gasteiger charge is -2.36. The Morgan fingerprint density at radius 2 is 1.95 bits per heavy atom. The monoisotopic (exact) mass is 305 g/mol. The number of pyridine rings is 1. The third-order valence-electron chi connectivity index (χ3n) is 4.40. The van der Waals surface area contributed by atoms with Crippen LogP contribution < -0.4 is 0 Å². The predicted octanol–water partition coefficient (Wildman–Crippen LogP) is 3.40. The molecule has 120 valence electrons. The van der Waals surface area contributed by atoms with Crippen molar-refractivity contribution in [3.8, 4) is 0 Å². The van der Waals surface area contributed by atoms with E-state index in [2.05, 4.69) is 25.8 Å². The number of aromatic carboxylic acids is 1. The Hall–Kier alpha value is -1.91. The average molecular weight is 305 g/mol. The fourth-order valence-corrected chi connectivity index (χ4v) is 3.12. The summed E-state index contributed by atoms with van der Waals surface area (Å²) in [6.07, 6.45) is 2.95. The first kappa shape index (κ1) is 16.5. The summed E-state index contributed by atoms with van der Waals surface area (Å²) in [6.45, 7) is 6.45. The molecule has 1 aliphatic carbocycles. The number of carboxylic acid groups (broad SMARTS) is 1. The molecule has 1 heterocycles. The van der Waals surface area contributed by atoms with Crippen LogP contribution in [0, 0.1) is 17.8 Å². The molecule has 0 saturated heterocycles. The number of aromatic nitrogens is 1. The Kier molecular flexibility index (Phi) is 5.16. The molecule has 5 heteroatoms. The maximum atomic E-state index is 12.3. The Bertz CT molecular complexity index is 555. The largest absolute Gasteiger partial charge is 0.477 e. The molecule has 1 saturated carbocycles. The molecule has 22 heavy (non-hydrogen) atoms. The predicted molar refractivity (Wildman–Crippen MR) is 81.7 cm³/mol. The van der Waals surface area contributed by atoms with Crippen molar-refractivity contribution in [1.29, 1.82) is 0 Å². The van der Waals surface area contributed by atoms with Gasteiger partial charge in [-0.15, -0.1) is 0 Å². The zero-order valence-electron chi connectivity index (χ0n) is 13.3. The molecule has 0 radical (unpaired) electrons. The van der Waals surface area contributed by atoms with Crippen LogP contribution in [-0.4, -0.2) is 28.1 Å². The van der Waals surface area contributed by atoms with Gasteiger partial charge in [-0.05, 0) is 42.7 Å². The summed E-state index contributed by atoms with van der Waals surface area (Å²) < 4.78 is 5.66. The van der Waals surface area contributed by atoms with Crippen molar-refractivity contribution in [2.45, 2.75) is 46.1 Å². The smallest absolute Gasteiger partial charge is 0.357 e. The molecule has 5 nitrogen and oxygen atoms in total. The molecule has 0 spiro atoms. The first-order valence-electron chi connectivity index (χ1n) is 7.79. The molecule has 3 atom stereocenters. The van der Waals surface area contributed by atoms with E-state index in [0.717, 1.165) is 19.3 Å². The van der Waals surface area contributed by atoms with Crippen molar-refractivity contribution in [3.05, 3.63) is 29.6 Å². The lowest BCUT2D eigenvalue weighted by atomic mass is 9.75. The van der Waals surface area contributed by atoms with Gasteiger partial charge >= 0.3 is 11.9 Å². The highest BCUT2D eigenvalue weighted by atomic mass is 16.5. The summed E-state index contributed by atoms with van der Waals surface area (Å²) in [7, 11) is 0. The van der Waals surface area contributed by atoms with Gasteiger partial charge < -0.3 is 9.84 Å². The van der Waals surface area contributed by atoms with E-state index in [4.69, 9.17) is 9.84 Å². The second-order valence-corrected chi connectivity index (χ2v) is 6.48. The molecule has 1 aromatic rings. The highest BCUT2D eigenvalue weighted by molar-refractivity contribution is 5.90. The van der Waals surface area contributed by atoms with Crippen molar-refractivity contribution in [2.75, 3.05) is 0 Å². The van der Waals surface area contributed by atoms with Crippen LogP contribution >= 0.6 is 0 Å². The number of hydrogen-bond acceptors (Lipinski definition) is 4. The van der Waals surface area contributed by atoms with Crippen LogP contribution in [0.5, 0.6) is 0 Å². The molecule has 1 N–H and O–H groups in total. The maximum Gasteiger partial charge on any atom is 0.357 e. The van der Waals surface area contributed by atoms with E-state index in [1.807, 2.05) is 0 Å². The molecule has 0 aromatic carbocycles. The minimum Gasteiger partial charge on any atom is -0.477 e. The fourth-order valence-electron chi connectivity index (χ4n) is 3.12. The van der Waals surface area contributed by atoms with E-state index in [0.29, 0.717) is 17.8 Å². The number of esters is 1. The number of ether oxygens (including phenoxy) is 1. The number of rotatable bonds is 4. The highest BCUT2D eigenvalue weighted by Gasteiger charge is 2.33. The lowest BCUT2D eigenvalue weighted by Crippen LogP contribution is -2.36. The van der Waals surface area contributed by atoms with Crippen molar-refractivity contribution in [1.82, 2.24) is 4.98 Å². The summed E-state index contributed by atoms with van der Waals surface area (Å²) in [5.41, 5.74) is -0.0903. The van der Waals surface area contributed by atoms with Crippen molar-refractivity contribution >= 4 is 11.9 Å². The van der Waals surface area contributed by atoms with Crippen molar-refractivity contribution in [2.24, 2.45) is 17.8 Å². The van der Waals surface area contributed by atoms with E-state index in [1.165, 1.54) is 18.2 Å². The van der Waals surface area contributed by atoms with Crippen LogP contribution in [0.2, 0.25) is 0 Å². The van der Waals surface area contributed by atoms with Gasteiger partial charge in [0.25, 0.3) is 0 Å². The second-order valence-electron chi connectivity index (χ2n) is 6.48. The first-order valence-corrected chi connectivity index (χ1v) is 7.79. The van der Waals surface area contributed by atoms with Gasteiger partial charge in [-0.2, -0.15) is 0 Å². The highest BCUT2D eigenvalue weighted by Crippen LogP contribution is 2.35. The summed E-state index contributed by atoms with van der Waals surface area (Å²) >= 11 is 0. The number of carbonyl (C=O) groups excluding carboxylic acids is 1. The Labute approximate surface area is 130 Å². The zero-order valence-corrected chi connectivity index (χ0v) is 13.3. The Balaban J connectivity index is 2.12. The minimum atomic E-state index is -1.15. The van der Waals surface area contributed by atoms with Crippen LogP contribution in [0.3, 0.4) is 0 Å². The van der Waals surface area contributed by atoms with Crippen molar-refractivity contribution in [3.63, 3.8) is 0 Å². The molecule has 0 aliphatic heterocycles. The SMILES string of the molecule is CC1CCC(C(C)C)C(OC(=O)c2cccc(C(=O)O)n2)C1. The number of carboxylic acids is 1. The van der Waals surface area contributed by atoms with Gasteiger partial charge in [-0.3, -0.25) is 0 Å². The first-order chi connectivity index (χ1) is 10.4. The molecule has 1 fully saturated rings. The molecule has 2 rings (SSSR count). The van der Waals surface area contributed by atoms with E-state index in [9.17, 15) is 9.59 Å². The van der Waals surface area contributed by atoms with Crippen LogP contribution in [0.25, 0.3) is 0 Å². The van der Waals surface area contributed by atoms with Gasteiger partial charge in [-0.1, -0.05) is 33.3 Å². The van der Waals surface area contributed by atoms with Gasteiger partial charge in [0.05, 0.1) is 0 Å². The van der Waals surface area contributed by atoms with Gasteiger partial charge in [0.15, 0.2) is 0 Å². The molecule has 0 bridgehead atoms. The summed E-state index contributed by atoms with van der Waals surface area (Å²) in [6, 6.07) is 4.36. The Morgan fingerprint density at radius 1 is 1.27 bits per heavy atom. The third kappa shape index (κ3) is 3.84. The maximum absolute atomic E-state index is 12.3. The van der Waals surface area contributed by atoms with Crippen LogP contribution in [0.4, 0.5) is 0 Å². The van der Waals surface area contributed by atoms with Gasteiger partial charge in [-0.25, -0.2) is 14.6 Å². The van der Waals surface area contributed by atoms with Gasteiger partial charge in [0, 0.05) is 0 Å². The lowest BCUT2D eigenvalue weighted by molar-refractivity contribution is -0.0179. The van der Waals surface area contributed by atoms with Crippen molar-refractivity contribution < 1.29 is 19.4 Å². The Morgan fingerprint density at radius 3 is 2.59 bits per heavy atom. The van der Waals surface area contributed by atoms with E-state index >= 15 is 0 Å². The summed E-state index contributed by atoms with van der Waals surface area (Å²) in [4.78, 5) is 27.1. The topological polar surface area (TPSA) is 76.5 Å². The van der Waals surface area contributed by atoms with Gasteiger partial charge in [0.1, 0.15) is 17.5 Å². The van der Waals surface area contributed by atoms with Crippen LogP contribution in [-0.2, 0) is 4.74 Å². The second kappa shape index (κ2) is 6.90. The van der Waals surface area contributed by atoms with E-state index in [-0.39, 0.29) is 17.5 Å². The average Bonchev–Trinajstić information content (AvgIpc) is 2.47. The molecule has 1 aromatic heterocycles. The zero-order chi connectivity index (χ0) is 16.3. The summed E-state index contributed by atoms with van der Waals surface area (Å²) in [5, 5.41) is 8.95. The van der Waals surface area contributed by atoms with E-state index in [1.54, 1.807) is 0 Å². The molecular formula is C17H23NO4. The number of hydrogen-bond donors (Lipinski definition) is 1. The molecule has 0 amide bonds. The normalized spacial score (nSPS) is 25.0. The quantitative estimate of drug-likeness (QED) is 0.863. The minimum absolute atomic E-state index is 0.0561. The van der Waals surface area contributed by atoms with Gasteiger partial charge in [0.2, 0.25) is 0 Å². The number of nitrogens with zero attached hydrogens (tertiary/aromatic N) is 1. The molecule has 1 aliphatic rings. The standard InChI is InChI=1S/C17H23NO4/c1-10(2)12-8-7-11(3)9-15(12)22-17(21)14-6-4-5-13(18-14)16(19)20/h4-6,10-12,15H,7-9H2,1-3H3,(H,19,20). The molecular weight excluding hydrogens is 282 g/mol. The molecule has 3 unspecified atom stereocenters. The number of carbonyl (C=O) groups is 2. The summed E-state index contributed by atoms with van der Waals surface area (Å²) in [5.74, 6) is -0.355. The van der Waals surface area contributed by atoms with Crippen LogP contribution in [0.1, 0.15) is 61.0 Å². The fraction of sp³-hybridized carbons (Fsp3) is 0.588. The third-order valence-corrected chi connectivity index (χ3v) is 4.40. The van der Waals surface area contributed by atoms with E-state index < -0.39 is 11.9 Å². The van der Waals surface area contributed by atoms with Crippen LogP contribution in [0.15, 0.2) is 18.2 Å².